The van der Waals surface area contributed by atoms with Crippen LogP contribution in [-0.4, -0.2) is 44.3 Å². The van der Waals surface area contributed by atoms with E-state index in [2.05, 4.69) is 0 Å². The van der Waals surface area contributed by atoms with E-state index in [-0.39, 0.29) is 40.2 Å². The summed E-state index contributed by atoms with van der Waals surface area (Å²) in [6.07, 6.45) is -10.3. The molecule has 278 valence electrons. The lowest BCUT2D eigenvalue weighted by Gasteiger charge is -2.33. The summed E-state index contributed by atoms with van der Waals surface area (Å²) in [4.78, 5) is 46.0. The Bertz CT molecular complexity index is 2130. The highest BCUT2D eigenvalue weighted by atomic mass is 19.4. The van der Waals surface area contributed by atoms with Crippen LogP contribution in [0.15, 0.2) is 103 Å². The maximum Gasteiger partial charge on any atom is 0.416 e. The van der Waals surface area contributed by atoms with Gasteiger partial charge in [0.15, 0.2) is 0 Å². The van der Waals surface area contributed by atoms with Crippen molar-refractivity contribution in [3.05, 3.63) is 153 Å². The van der Waals surface area contributed by atoms with Gasteiger partial charge in [-0.3, -0.25) is 0 Å². The average Bonchev–Trinajstić information content (AvgIpc) is 3.10. The maximum absolute atomic E-state index is 14.0. The van der Waals surface area contributed by atoms with Gasteiger partial charge in [-0.15, -0.1) is 0 Å². The van der Waals surface area contributed by atoms with Gasteiger partial charge in [0.25, 0.3) is 0 Å². The molecule has 5 aromatic rings. The van der Waals surface area contributed by atoms with Crippen molar-refractivity contribution >= 4 is 23.9 Å². The molecule has 0 heterocycles. The first-order chi connectivity index (χ1) is 25.2. The molecular weight excluding hydrogens is 730 g/mol. The number of benzene rings is 5. The van der Waals surface area contributed by atoms with E-state index in [0.29, 0.717) is 12.1 Å². The Morgan fingerprint density at radius 2 is 0.704 bits per heavy atom. The van der Waals surface area contributed by atoms with Crippen LogP contribution in [0, 0.1) is 0 Å². The largest absolute Gasteiger partial charge is 0.478 e. The molecule has 0 aliphatic heterocycles. The number of hydrogen-bond donors (Lipinski definition) is 4. The highest BCUT2D eigenvalue weighted by Crippen LogP contribution is 2.45. The first-order valence-electron chi connectivity index (χ1n) is 15.3. The molecule has 0 fully saturated rings. The number of carboxylic acids is 4. The van der Waals surface area contributed by atoms with Gasteiger partial charge < -0.3 is 29.9 Å². The van der Waals surface area contributed by atoms with Crippen molar-refractivity contribution in [3.63, 3.8) is 0 Å². The summed E-state index contributed by atoms with van der Waals surface area (Å²) >= 11 is 0. The summed E-state index contributed by atoms with van der Waals surface area (Å²) in [5.74, 6) is -6.12. The molecule has 10 nitrogen and oxygen atoms in total. The fourth-order valence-electron chi connectivity index (χ4n) is 5.63. The summed E-state index contributed by atoms with van der Waals surface area (Å²) in [5.41, 5.74) is -7.04. The fourth-order valence-corrected chi connectivity index (χ4v) is 5.63. The molecule has 0 bridgehead atoms. The van der Waals surface area contributed by atoms with Crippen LogP contribution in [0.2, 0.25) is 0 Å². The van der Waals surface area contributed by atoms with E-state index in [4.69, 9.17) is 9.47 Å². The van der Waals surface area contributed by atoms with Crippen molar-refractivity contribution in [1.29, 1.82) is 0 Å². The van der Waals surface area contributed by atoms with Crippen molar-refractivity contribution in [2.24, 2.45) is 0 Å². The van der Waals surface area contributed by atoms with Gasteiger partial charge in [-0.2, -0.15) is 26.3 Å². The Hall–Kier alpha value is -6.84. The fraction of sp³-hybridized carbons (Fsp3) is 0.105. The van der Waals surface area contributed by atoms with Gasteiger partial charge in [0.05, 0.1) is 33.4 Å². The van der Waals surface area contributed by atoms with E-state index < -0.39 is 80.6 Å². The standard InChI is InChI=1S/C38H24F6O10/c1-36(21-14-22(37(39,40)41)16-23(15-21)38(42,43)44,19-2-6-24(7-3-19)53-26-10-12-28(32(45)46)30(17-26)34(49)50)20-4-8-25(9-5-20)54-27-11-13-29(33(47)48)31(18-27)35(51)52/h2-18H,1H3,(H,45,46)(H,47,48)(H,49,50)(H,51,52). The first-order valence-corrected chi connectivity index (χ1v) is 15.3. The second-order valence-electron chi connectivity index (χ2n) is 11.8. The van der Waals surface area contributed by atoms with E-state index in [0.717, 1.165) is 24.3 Å². The van der Waals surface area contributed by atoms with Crippen LogP contribution in [0.5, 0.6) is 23.0 Å². The zero-order chi connectivity index (χ0) is 39.7. The number of carbonyl (C=O) groups is 4. The zero-order valence-corrected chi connectivity index (χ0v) is 27.3. The van der Waals surface area contributed by atoms with Gasteiger partial charge in [-0.05, 0) is 102 Å². The molecule has 0 radical (unpaired) electrons. The monoisotopic (exact) mass is 754 g/mol. The molecule has 54 heavy (non-hydrogen) atoms. The Morgan fingerprint density at radius 1 is 0.407 bits per heavy atom. The van der Waals surface area contributed by atoms with Crippen LogP contribution in [0.3, 0.4) is 0 Å². The lowest BCUT2D eigenvalue weighted by atomic mass is 9.70. The Morgan fingerprint density at radius 3 is 1.00 bits per heavy atom. The number of aromatic carboxylic acids is 4. The summed E-state index contributed by atoms with van der Waals surface area (Å²) in [6, 6.07) is 18.4. The van der Waals surface area contributed by atoms with E-state index in [1.807, 2.05) is 0 Å². The molecular formula is C38H24F6O10. The predicted molar refractivity (Wildman–Crippen MR) is 176 cm³/mol. The molecule has 0 aliphatic carbocycles. The molecule has 5 aromatic carbocycles. The molecule has 5 rings (SSSR count). The Labute approximate surface area is 300 Å². The van der Waals surface area contributed by atoms with Crippen molar-refractivity contribution in [3.8, 4) is 23.0 Å². The van der Waals surface area contributed by atoms with E-state index in [1.54, 1.807) is 0 Å². The van der Waals surface area contributed by atoms with Crippen LogP contribution in [0.25, 0.3) is 0 Å². The van der Waals surface area contributed by atoms with Crippen molar-refractivity contribution in [1.82, 2.24) is 0 Å². The SMILES string of the molecule is CC(c1ccc(Oc2ccc(C(=O)O)c(C(=O)O)c2)cc1)(c1ccc(Oc2ccc(C(=O)O)c(C(=O)O)c2)cc1)c1cc(C(F)(F)F)cc(C(F)(F)F)c1. The second-order valence-corrected chi connectivity index (χ2v) is 11.8. The summed E-state index contributed by atoms with van der Waals surface area (Å²) < 4.78 is 95.4. The number of ether oxygens (including phenoxy) is 2. The van der Waals surface area contributed by atoms with Crippen LogP contribution >= 0.6 is 0 Å². The lowest BCUT2D eigenvalue weighted by molar-refractivity contribution is -0.143. The van der Waals surface area contributed by atoms with Gasteiger partial charge in [-0.1, -0.05) is 24.3 Å². The molecule has 0 spiro atoms. The number of hydrogen-bond acceptors (Lipinski definition) is 6. The minimum Gasteiger partial charge on any atom is -0.478 e. The molecule has 16 heteroatoms. The second kappa shape index (κ2) is 14.3. The minimum atomic E-state index is -5.16. The first kappa shape index (κ1) is 38.4. The molecule has 0 aromatic heterocycles. The van der Waals surface area contributed by atoms with Crippen LogP contribution in [0.4, 0.5) is 26.3 Å². The summed E-state index contributed by atoms with van der Waals surface area (Å²) in [6.45, 7) is 1.39. The number of carboxylic acid groups (broad SMARTS) is 4. The lowest BCUT2D eigenvalue weighted by Crippen LogP contribution is -2.27. The minimum absolute atomic E-state index is 0.000177. The molecule has 0 aliphatic rings. The van der Waals surface area contributed by atoms with E-state index >= 15 is 0 Å². The van der Waals surface area contributed by atoms with E-state index in [1.165, 1.54) is 67.6 Å². The van der Waals surface area contributed by atoms with Gasteiger partial charge in [0.1, 0.15) is 23.0 Å². The zero-order valence-electron chi connectivity index (χ0n) is 27.3. The van der Waals surface area contributed by atoms with Crippen molar-refractivity contribution in [2.75, 3.05) is 0 Å². The molecule has 0 atom stereocenters. The third-order valence-electron chi connectivity index (χ3n) is 8.40. The normalized spacial score (nSPS) is 11.8. The van der Waals surface area contributed by atoms with Gasteiger partial charge in [-0.25, -0.2) is 19.2 Å². The molecule has 0 unspecified atom stereocenters. The van der Waals surface area contributed by atoms with Gasteiger partial charge in [0.2, 0.25) is 0 Å². The van der Waals surface area contributed by atoms with Crippen molar-refractivity contribution < 1.29 is 75.4 Å². The predicted octanol–water partition coefficient (Wildman–Crippen LogP) is 9.46. The third kappa shape index (κ3) is 7.96. The van der Waals surface area contributed by atoms with Crippen LogP contribution in [0.1, 0.15) is 76.2 Å². The highest BCUT2D eigenvalue weighted by molar-refractivity contribution is 6.02. The Kier molecular flexibility index (Phi) is 10.2. The quantitative estimate of drug-likeness (QED) is 0.0753. The van der Waals surface area contributed by atoms with E-state index in [9.17, 15) is 65.9 Å². The summed E-state index contributed by atoms with van der Waals surface area (Å²) in [5, 5.41) is 37.4. The average molecular weight is 755 g/mol. The number of rotatable bonds is 11. The Balaban J connectivity index is 1.59. The molecule has 0 saturated carbocycles. The number of alkyl halides is 6. The van der Waals surface area contributed by atoms with Gasteiger partial charge >= 0.3 is 36.2 Å². The topological polar surface area (TPSA) is 168 Å². The molecule has 4 N–H and O–H groups in total. The van der Waals surface area contributed by atoms with Gasteiger partial charge in [0, 0.05) is 5.41 Å². The van der Waals surface area contributed by atoms with Crippen LogP contribution in [-0.2, 0) is 17.8 Å². The molecule has 0 amide bonds. The maximum atomic E-state index is 14.0. The van der Waals surface area contributed by atoms with Crippen LogP contribution < -0.4 is 9.47 Å². The van der Waals surface area contributed by atoms with Crippen molar-refractivity contribution in [2.45, 2.75) is 24.7 Å². The molecule has 0 saturated heterocycles. The summed E-state index contributed by atoms with van der Waals surface area (Å²) in [7, 11) is 0. The highest BCUT2D eigenvalue weighted by Gasteiger charge is 2.40. The third-order valence-corrected chi connectivity index (χ3v) is 8.40. The smallest absolute Gasteiger partial charge is 0.416 e. The number of halogens is 6.